The second-order valence-electron chi connectivity index (χ2n) is 8.09. The fourth-order valence-electron chi connectivity index (χ4n) is 4.31. The molecule has 0 aliphatic carbocycles. The number of aromatic nitrogens is 1. The van der Waals surface area contributed by atoms with E-state index in [1.165, 1.54) is 5.69 Å². The van der Waals surface area contributed by atoms with Crippen molar-refractivity contribution in [1.82, 2.24) is 20.1 Å². The van der Waals surface area contributed by atoms with Crippen molar-refractivity contribution in [3.05, 3.63) is 54.7 Å². The molecule has 0 bridgehead atoms. The van der Waals surface area contributed by atoms with Gasteiger partial charge < -0.3 is 24.9 Å². The SMILES string of the molecule is CN=C(NCCC(=O)N1CCN(c2ccccc2)CC1)N1CCN(c2ccccn2)CC1.I. The molecule has 0 atom stereocenters. The zero-order valence-electron chi connectivity index (χ0n) is 19.3. The van der Waals surface area contributed by atoms with Gasteiger partial charge in [0, 0.05) is 84.3 Å². The molecule has 1 amide bonds. The lowest BCUT2D eigenvalue weighted by Crippen LogP contribution is -2.53. The second kappa shape index (κ2) is 12.6. The van der Waals surface area contributed by atoms with E-state index >= 15 is 0 Å². The highest BCUT2D eigenvalue weighted by Gasteiger charge is 2.22. The van der Waals surface area contributed by atoms with Crippen molar-refractivity contribution in [1.29, 1.82) is 0 Å². The van der Waals surface area contributed by atoms with Gasteiger partial charge in [0.05, 0.1) is 0 Å². The van der Waals surface area contributed by atoms with Gasteiger partial charge in [0.2, 0.25) is 5.91 Å². The summed E-state index contributed by atoms with van der Waals surface area (Å²) in [7, 11) is 1.80. The van der Waals surface area contributed by atoms with Crippen LogP contribution >= 0.6 is 24.0 Å². The molecule has 0 unspecified atom stereocenters. The Morgan fingerprint density at radius 3 is 2.15 bits per heavy atom. The van der Waals surface area contributed by atoms with Crippen molar-refractivity contribution in [2.45, 2.75) is 6.42 Å². The third-order valence-electron chi connectivity index (χ3n) is 6.14. The number of pyridine rings is 1. The van der Waals surface area contributed by atoms with Crippen LogP contribution in [0.25, 0.3) is 0 Å². The minimum Gasteiger partial charge on any atom is -0.368 e. The van der Waals surface area contributed by atoms with E-state index in [0.29, 0.717) is 13.0 Å². The van der Waals surface area contributed by atoms with Crippen molar-refractivity contribution in [2.24, 2.45) is 4.99 Å². The highest BCUT2D eigenvalue weighted by atomic mass is 127. The molecule has 1 aromatic heterocycles. The van der Waals surface area contributed by atoms with Crippen LogP contribution in [0, 0.1) is 0 Å². The molecular weight excluding hydrogens is 529 g/mol. The van der Waals surface area contributed by atoms with Crippen molar-refractivity contribution >= 4 is 47.3 Å². The van der Waals surface area contributed by atoms with Gasteiger partial charge in [0.15, 0.2) is 5.96 Å². The number of piperazine rings is 2. The minimum absolute atomic E-state index is 0. The first-order chi connectivity index (χ1) is 15.7. The summed E-state index contributed by atoms with van der Waals surface area (Å²) in [4.78, 5) is 30.4. The number of rotatable bonds is 5. The third-order valence-corrected chi connectivity index (χ3v) is 6.14. The summed E-state index contributed by atoms with van der Waals surface area (Å²) in [6.07, 6.45) is 2.32. The average Bonchev–Trinajstić information content (AvgIpc) is 2.88. The zero-order chi connectivity index (χ0) is 22.2. The number of hydrogen-bond donors (Lipinski definition) is 1. The van der Waals surface area contributed by atoms with Gasteiger partial charge in [-0.05, 0) is 24.3 Å². The molecule has 33 heavy (non-hydrogen) atoms. The number of halogens is 1. The lowest BCUT2D eigenvalue weighted by Gasteiger charge is -2.37. The van der Waals surface area contributed by atoms with Gasteiger partial charge in [-0.15, -0.1) is 24.0 Å². The van der Waals surface area contributed by atoms with Crippen LogP contribution in [0.4, 0.5) is 11.5 Å². The summed E-state index contributed by atoms with van der Waals surface area (Å²) in [5.74, 6) is 2.10. The van der Waals surface area contributed by atoms with Crippen LogP contribution in [-0.4, -0.2) is 92.6 Å². The van der Waals surface area contributed by atoms with E-state index in [0.717, 1.165) is 64.1 Å². The van der Waals surface area contributed by atoms with Crippen LogP contribution in [0.1, 0.15) is 6.42 Å². The number of hydrogen-bond acceptors (Lipinski definition) is 5. The summed E-state index contributed by atoms with van der Waals surface area (Å²) in [5, 5.41) is 3.38. The second-order valence-corrected chi connectivity index (χ2v) is 8.09. The van der Waals surface area contributed by atoms with E-state index in [1.54, 1.807) is 7.05 Å². The number of aliphatic imine (C=N–C) groups is 1. The van der Waals surface area contributed by atoms with Crippen molar-refractivity contribution in [3.63, 3.8) is 0 Å². The molecule has 2 aliphatic rings. The number of benzene rings is 1. The van der Waals surface area contributed by atoms with Gasteiger partial charge in [-0.3, -0.25) is 9.79 Å². The van der Waals surface area contributed by atoms with Gasteiger partial charge in [0.1, 0.15) is 5.82 Å². The summed E-state index contributed by atoms with van der Waals surface area (Å²) in [5.41, 5.74) is 1.23. The summed E-state index contributed by atoms with van der Waals surface area (Å²) < 4.78 is 0. The Bertz CT molecular complexity index is 880. The van der Waals surface area contributed by atoms with Crippen LogP contribution in [-0.2, 0) is 4.79 Å². The monoisotopic (exact) mass is 563 g/mol. The maximum absolute atomic E-state index is 12.7. The normalized spacial score (nSPS) is 16.9. The predicted octanol–water partition coefficient (Wildman–Crippen LogP) is 2.14. The molecule has 4 rings (SSSR count). The molecule has 0 spiro atoms. The molecule has 178 valence electrons. The highest BCUT2D eigenvalue weighted by molar-refractivity contribution is 14.0. The minimum atomic E-state index is 0. The summed E-state index contributed by atoms with van der Waals surface area (Å²) in [6.45, 7) is 7.49. The molecule has 2 fully saturated rings. The number of anilines is 2. The van der Waals surface area contributed by atoms with Crippen molar-refractivity contribution in [2.75, 3.05) is 75.8 Å². The van der Waals surface area contributed by atoms with Crippen molar-refractivity contribution < 1.29 is 4.79 Å². The van der Waals surface area contributed by atoms with E-state index in [2.05, 4.69) is 54.3 Å². The number of guanidine groups is 1. The molecule has 2 saturated heterocycles. The number of carbonyl (C=O) groups is 1. The van der Waals surface area contributed by atoms with Crippen LogP contribution in [0.3, 0.4) is 0 Å². The summed E-state index contributed by atoms with van der Waals surface area (Å²) >= 11 is 0. The third kappa shape index (κ3) is 6.72. The molecule has 0 radical (unpaired) electrons. The van der Waals surface area contributed by atoms with Crippen LogP contribution in [0.15, 0.2) is 59.7 Å². The Balaban J connectivity index is 0.00000306. The van der Waals surface area contributed by atoms with E-state index in [1.807, 2.05) is 35.4 Å². The van der Waals surface area contributed by atoms with Gasteiger partial charge in [0.25, 0.3) is 0 Å². The standard InChI is InChI=1S/C24H33N7O.HI/c1-25-24(31-19-15-29(16-20-31)22-9-5-6-11-26-22)27-12-10-23(32)30-17-13-28(14-18-30)21-7-3-2-4-8-21;/h2-9,11H,10,12-20H2,1H3,(H,25,27);1H. The number of nitrogens with one attached hydrogen (secondary N) is 1. The molecule has 9 heteroatoms. The largest absolute Gasteiger partial charge is 0.368 e. The Labute approximate surface area is 213 Å². The number of amides is 1. The highest BCUT2D eigenvalue weighted by Crippen LogP contribution is 2.16. The predicted molar refractivity (Wildman–Crippen MR) is 145 cm³/mol. The lowest BCUT2D eigenvalue weighted by atomic mass is 10.2. The average molecular weight is 563 g/mol. The fraction of sp³-hybridized carbons (Fsp3) is 0.458. The van der Waals surface area contributed by atoms with Crippen molar-refractivity contribution in [3.8, 4) is 0 Å². The van der Waals surface area contributed by atoms with E-state index < -0.39 is 0 Å². The first kappa shape index (κ1) is 25.1. The van der Waals surface area contributed by atoms with Crippen LogP contribution in [0.5, 0.6) is 0 Å². The van der Waals surface area contributed by atoms with Crippen LogP contribution < -0.4 is 15.1 Å². The van der Waals surface area contributed by atoms with E-state index in [-0.39, 0.29) is 29.9 Å². The molecule has 2 aliphatic heterocycles. The molecule has 3 heterocycles. The Morgan fingerprint density at radius 2 is 1.52 bits per heavy atom. The molecule has 8 nitrogen and oxygen atoms in total. The summed E-state index contributed by atoms with van der Waals surface area (Å²) in [6, 6.07) is 16.4. The number of carbonyl (C=O) groups excluding carboxylic acids is 1. The molecule has 2 aromatic rings. The smallest absolute Gasteiger partial charge is 0.224 e. The first-order valence-corrected chi connectivity index (χ1v) is 11.4. The van der Waals surface area contributed by atoms with Gasteiger partial charge >= 0.3 is 0 Å². The number of para-hydroxylation sites is 1. The Hall–Kier alpha value is -2.56. The fourth-order valence-corrected chi connectivity index (χ4v) is 4.31. The van der Waals surface area contributed by atoms with Gasteiger partial charge in [-0.2, -0.15) is 0 Å². The zero-order valence-corrected chi connectivity index (χ0v) is 21.6. The molecule has 1 N–H and O–H groups in total. The maximum Gasteiger partial charge on any atom is 0.224 e. The first-order valence-electron chi connectivity index (χ1n) is 11.4. The lowest BCUT2D eigenvalue weighted by molar-refractivity contribution is -0.131. The van der Waals surface area contributed by atoms with E-state index in [9.17, 15) is 4.79 Å². The molecule has 0 saturated carbocycles. The van der Waals surface area contributed by atoms with Gasteiger partial charge in [-0.25, -0.2) is 4.98 Å². The Kier molecular flexibility index (Phi) is 9.59. The van der Waals surface area contributed by atoms with E-state index in [4.69, 9.17) is 0 Å². The van der Waals surface area contributed by atoms with Crippen LogP contribution in [0.2, 0.25) is 0 Å². The van der Waals surface area contributed by atoms with Gasteiger partial charge in [-0.1, -0.05) is 24.3 Å². The quantitative estimate of drug-likeness (QED) is 0.342. The topological polar surface area (TPSA) is 67.3 Å². The molecule has 1 aromatic carbocycles. The number of nitrogens with zero attached hydrogens (tertiary/aromatic N) is 6. The maximum atomic E-state index is 12.7. The molecular formula is C24H34IN7O. The Morgan fingerprint density at radius 1 is 0.879 bits per heavy atom.